The largest absolute Gasteiger partial charge is 0.381 e. The van der Waals surface area contributed by atoms with Crippen LogP contribution < -0.4 is 5.32 Å². The molecule has 0 radical (unpaired) electrons. The highest BCUT2D eigenvalue weighted by molar-refractivity contribution is 5.79. The second-order valence-corrected chi connectivity index (χ2v) is 3.49. The lowest BCUT2D eigenvalue weighted by Gasteiger charge is -2.27. The molecule has 1 aliphatic heterocycles. The molecule has 0 saturated carbocycles. The molecule has 2 unspecified atom stereocenters. The maximum absolute atomic E-state index is 10.9. The molecule has 3 heteroatoms. The minimum absolute atomic E-state index is 0.00810. The summed E-state index contributed by atoms with van der Waals surface area (Å²) in [5.74, 6) is 0.136. The van der Waals surface area contributed by atoms with Crippen LogP contribution in [0.15, 0.2) is 0 Å². The number of hydrogen-bond donors (Lipinski definition) is 1. The van der Waals surface area contributed by atoms with Gasteiger partial charge in [0.1, 0.15) is 0 Å². The molecular formula is C8H15NO2. The van der Waals surface area contributed by atoms with Crippen molar-refractivity contribution in [3.63, 3.8) is 0 Å². The summed E-state index contributed by atoms with van der Waals surface area (Å²) in [6.45, 7) is 4.81. The van der Waals surface area contributed by atoms with Crippen molar-refractivity contribution in [1.82, 2.24) is 5.32 Å². The van der Waals surface area contributed by atoms with Crippen molar-refractivity contribution in [2.45, 2.75) is 26.4 Å². The van der Waals surface area contributed by atoms with Crippen LogP contribution >= 0.6 is 0 Å². The topological polar surface area (TPSA) is 38.3 Å². The molecule has 1 aliphatic rings. The van der Waals surface area contributed by atoms with Crippen LogP contribution in [0, 0.1) is 5.41 Å². The van der Waals surface area contributed by atoms with Crippen molar-refractivity contribution in [1.29, 1.82) is 0 Å². The summed E-state index contributed by atoms with van der Waals surface area (Å²) in [7, 11) is 1.68. The standard InChI is InChI=1S/C8H15NO2/c1-6(11-3)8(2)4-7(10)9-5-8/h6H,4-5H2,1-3H3,(H,9,10). The molecule has 1 rings (SSSR count). The number of hydrogen-bond acceptors (Lipinski definition) is 2. The van der Waals surface area contributed by atoms with Gasteiger partial charge < -0.3 is 10.1 Å². The van der Waals surface area contributed by atoms with E-state index in [-0.39, 0.29) is 17.4 Å². The van der Waals surface area contributed by atoms with E-state index in [2.05, 4.69) is 12.2 Å². The Morgan fingerprint density at radius 2 is 2.36 bits per heavy atom. The number of rotatable bonds is 2. The van der Waals surface area contributed by atoms with Crippen molar-refractivity contribution in [2.75, 3.05) is 13.7 Å². The normalized spacial score (nSPS) is 33.5. The summed E-state index contributed by atoms with van der Waals surface area (Å²) < 4.78 is 5.19. The molecule has 11 heavy (non-hydrogen) atoms. The molecule has 2 atom stereocenters. The summed E-state index contributed by atoms with van der Waals surface area (Å²) in [5, 5.41) is 2.81. The Bertz CT molecular complexity index is 169. The first-order valence-corrected chi connectivity index (χ1v) is 3.88. The van der Waals surface area contributed by atoms with Crippen LogP contribution in [-0.2, 0) is 9.53 Å². The van der Waals surface area contributed by atoms with Crippen molar-refractivity contribution in [2.24, 2.45) is 5.41 Å². The average Bonchev–Trinajstić information content (AvgIpc) is 2.31. The zero-order chi connectivity index (χ0) is 8.48. The zero-order valence-electron chi connectivity index (χ0n) is 7.31. The Hall–Kier alpha value is -0.570. The number of amides is 1. The molecule has 1 amide bonds. The molecule has 0 aromatic heterocycles. The van der Waals surface area contributed by atoms with Crippen molar-refractivity contribution >= 4 is 5.91 Å². The van der Waals surface area contributed by atoms with E-state index in [1.165, 1.54) is 0 Å². The van der Waals surface area contributed by atoms with Gasteiger partial charge in [-0.05, 0) is 6.92 Å². The molecule has 1 saturated heterocycles. The van der Waals surface area contributed by atoms with Crippen LogP contribution in [0.4, 0.5) is 0 Å². The predicted octanol–water partition coefficient (Wildman–Crippen LogP) is 0.547. The number of methoxy groups -OCH3 is 1. The van der Waals surface area contributed by atoms with E-state index in [4.69, 9.17) is 4.74 Å². The SMILES string of the molecule is COC(C)C1(C)CNC(=O)C1. The van der Waals surface area contributed by atoms with E-state index in [9.17, 15) is 4.79 Å². The summed E-state index contributed by atoms with van der Waals surface area (Å²) >= 11 is 0. The van der Waals surface area contributed by atoms with Crippen LogP contribution in [0.3, 0.4) is 0 Å². The Kier molecular flexibility index (Phi) is 2.18. The van der Waals surface area contributed by atoms with Crippen LogP contribution in [-0.4, -0.2) is 25.7 Å². The van der Waals surface area contributed by atoms with Gasteiger partial charge >= 0.3 is 0 Å². The average molecular weight is 157 g/mol. The first-order chi connectivity index (χ1) is 5.08. The van der Waals surface area contributed by atoms with Crippen molar-refractivity contribution < 1.29 is 9.53 Å². The summed E-state index contributed by atoms with van der Waals surface area (Å²) in [6.07, 6.45) is 0.726. The Labute approximate surface area is 67.1 Å². The maximum atomic E-state index is 10.9. The molecule has 0 aromatic rings. The second-order valence-electron chi connectivity index (χ2n) is 3.49. The molecule has 3 nitrogen and oxygen atoms in total. The molecule has 64 valence electrons. The van der Waals surface area contributed by atoms with Gasteiger partial charge in [-0.25, -0.2) is 0 Å². The smallest absolute Gasteiger partial charge is 0.220 e. The number of nitrogens with one attached hydrogen (secondary N) is 1. The molecule has 0 aliphatic carbocycles. The summed E-state index contributed by atoms with van der Waals surface area (Å²) in [5.41, 5.74) is -0.00810. The van der Waals surface area contributed by atoms with Gasteiger partial charge in [-0.1, -0.05) is 6.92 Å². The highest BCUT2D eigenvalue weighted by Gasteiger charge is 2.38. The lowest BCUT2D eigenvalue weighted by atomic mass is 9.84. The van der Waals surface area contributed by atoms with Gasteiger partial charge in [-0.15, -0.1) is 0 Å². The van der Waals surface area contributed by atoms with Gasteiger partial charge in [-0.3, -0.25) is 4.79 Å². The number of carbonyl (C=O) groups is 1. The fraction of sp³-hybridized carbons (Fsp3) is 0.875. The van der Waals surface area contributed by atoms with Crippen LogP contribution in [0.1, 0.15) is 20.3 Å². The second kappa shape index (κ2) is 2.81. The Balaban J connectivity index is 2.61. The lowest BCUT2D eigenvalue weighted by Crippen LogP contribution is -2.33. The third kappa shape index (κ3) is 1.53. The van der Waals surface area contributed by atoms with Gasteiger partial charge in [0.25, 0.3) is 0 Å². The minimum atomic E-state index is -0.00810. The van der Waals surface area contributed by atoms with Gasteiger partial charge in [0.15, 0.2) is 0 Å². The quantitative estimate of drug-likeness (QED) is 0.635. The molecule has 0 spiro atoms. The summed E-state index contributed by atoms with van der Waals surface area (Å²) in [4.78, 5) is 10.9. The van der Waals surface area contributed by atoms with E-state index in [1.54, 1.807) is 7.11 Å². The Morgan fingerprint density at radius 3 is 2.73 bits per heavy atom. The van der Waals surface area contributed by atoms with E-state index in [0.717, 1.165) is 6.54 Å². The van der Waals surface area contributed by atoms with Gasteiger partial charge in [0, 0.05) is 25.5 Å². The molecule has 1 N–H and O–H groups in total. The van der Waals surface area contributed by atoms with Crippen LogP contribution in [0.2, 0.25) is 0 Å². The minimum Gasteiger partial charge on any atom is -0.381 e. The summed E-state index contributed by atoms with van der Waals surface area (Å²) in [6, 6.07) is 0. The predicted molar refractivity (Wildman–Crippen MR) is 42.2 cm³/mol. The molecular weight excluding hydrogens is 142 g/mol. The number of carbonyl (C=O) groups excluding carboxylic acids is 1. The first kappa shape index (κ1) is 8.53. The highest BCUT2D eigenvalue weighted by atomic mass is 16.5. The van der Waals surface area contributed by atoms with E-state index in [1.807, 2.05) is 6.92 Å². The molecule has 1 heterocycles. The van der Waals surface area contributed by atoms with Crippen LogP contribution in [0.5, 0.6) is 0 Å². The van der Waals surface area contributed by atoms with Gasteiger partial charge in [0.2, 0.25) is 5.91 Å². The fourth-order valence-corrected chi connectivity index (χ4v) is 1.36. The molecule has 1 fully saturated rings. The van der Waals surface area contributed by atoms with Crippen molar-refractivity contribution in [3.05, 3.63) is 0 Å². The Morgan fingerprint density at radius 1 is 1.73 bits per heavy atom. The van der Waals surface area contributed by atoms with Gasteiger partial charge in [0.05, 0.1) is 6.10 Å². The highest BCUT2D eigenvalue weighted by Crippen LogP contribution is 2.30. The first-order valence-electron chi connectivity index (χ1n) is 3.88. The lowest BCUT2D eigenvalue weighted by molar-refractivity contribution is -0.120. The van der Waals surface area contributed by atoms with Gasteiger partial charge in [-0.2, -0.15) is 0 Å². The maximum Gasteiger partial charge on any atom is 0.220 e. The zero-order valence-corrected chi connectivity index (χ0v) is 7.31. The van der Waals surface area contributed by atoms with E-state index in [0.29, 0.717) is 6.42 Å². The third-order valence-corrected chi connectivity index (χ3v) is 2.59. The monoisotopic (exact) mass is 157 g/mol. The van der Waals surface area contributed by atoms with E-state index >= 15 is 0 Å². The fourth-order valence-electron chi connectivity index (χ4n) is 1.36. The molecule has 0 bridgehead atoms. The van der Waals surface area contributed by atoms with E-state index < -0.39 is 0 Å². The van der Waals surface area contributed by atoms with Crippen molar-refractivity contribution in [3.8, 4) is 0 Å². The number of ether oxygens (including phenoxy) is 1. The third-order valence-electron chi connectivity index (χ3n) is 2.59. The van der Waals surface area contributed by atoms with Crippen LogP contribution in [0.25, 0.3) is 0 Å². The molecule has 0 aromatic carbocycles.